The molecule has 13 nitrogen and oxygen atoms in total. The van der Waals surface area contributed by atoms with E-state index in [0.29, 0.717) is 6.42 Å². The second-order valence-corrected chi connectivity index (χ2v) is 13.5. The maximum atomic E-state index is 14.2. The third-order valence-electron chi connectivity index (χ3n) is 11.3. The van der Waals surface area contributed by atoms with Crippen molar-refractivity contribution in [3.05, 3.63) is 11.8 Å². The Morgan fingerprint density at radius 2 is 1.74 bits per heavy atom. The molecule has 1 unspecified atom stereocenters. The molecule has 0 aromatic carbocycles. The van der Waals surface area contributed by atoms with Crippen LogP contribution in [-0.2, 0) is 38.0 Å². The summed E-state index contributed by atoms with van der Waals surface area (Å²) in [6.07, 6.45) is -8.89. The van der Waals surface area contributed by atoms with E-state index < -0.39 is 96.2 Å². The van der Waals surface area contributed by atoms with Gasteiger partial charge in [-0.3, -0.25) is 9.59 Å². The van der Waals surface area contributed by atoms with Gasteiger partial charge in [0.15, 0.2) is 18.3 Å². The van der Waals surface area contributed by atoms with Gasteiger partial charge in [0.05, 0.1) is 25.4 Å². The Morgan fingerprint density at radius 3 is 2.33 bits per heavy atom. The number of carbonyl (C=O) groups is 2. The number of hydrogen-bond donors (Lipinski definition) is 5. The van der Waals surface area contributed by atoms with Crippen molar-refractivity contribution in [3.63, 3.8) is 0 Å². The molecule has 5 rings (SSSR count). The van der Waals surface area contributed by atoms with Crippen molar-refractivity contribution >= 4 is 11.8 Å². The van der Waals surface area contributed by atoms with Crippen molar-refractivity contribution in [2.75, 3.05) is 20.8 Å². The van der Waals surface area contributed by atoms with Crippen molar-refractivity contribution in [1.82, 2.24) is 0 Å². The predicted molar refractivity (Wildman–Crippen MR) is 146 cm³/mol. The molecule has 13 heteroatoms. The fourth-order valence-electron chi connectivity index (χ4n) is 9.44. The first kappa shape index (κ1) is 32.7. The van der Waals surface area contributed by atoms with Crippen LogP contribution in [0, 0.1) is 34.5 Å². The highest BCUT2D eigenvalue weighted by molar-refractivity contribution is 5.99. The standard InChI is InChI=1S/C30H46O13/c1-12-8-15(38-6)25(36)28(3)14(12)9-18-29(4)17(30(5,37)26(39-7)23(24(28)29)40-13(2)32)10-19(42-18)43-27-22(35)21(34)20(33)16(11-31)41-27/h8,12,14,16-24,26-27,31,33-35,37H,9-11H2,1-7H3/t12-,14+,16-,17-,18-,19?,20-,21+,22-,23+,24-,26-,27+,28+,29-,30+/m1/s1. The zero-order valence-electron chi connectivity index (χ0n) is 25.7. The molecule has 5 N–H and O–H groups in total. The predicted octanol–water partition coefficient (Wildman–Crippen LogP) is -0.357. The van der Waals surface area contributed by atoms with Gasteiger partial charge >= 0.3 is 5.97 Å². The molecule has 0 amide bonds. The number of methoxy groups -OCH3 is 2. The van der Waals surface area contributed by atoms with E-state index in [-0.39, 0.29) is 29.8 Å². The van der Waals surface area contributed by atoms with E-state index in [1.165, 1.54) is 21.1 Å². The van der Waals surface area contributed by atoms with Gasteiger partial charge < -0.3 is 54.0 Å². The fourth-order valence-corrected chi connectivity index (χ4v) is 9.44. The van der Waals surface area contributed by atoms with Gasteiger partial charge in [0.1, 0.15) is 36.6 Å². The van der Waals surface area contributed by atoms with Gasteiger partial charge in [0.2, 0.25) is 5.78 Å². The van der Waals surface area contributed by atoms with E-state index >= 15 is 0 Å². The number of Topliss-reactive ketones (excluding diaryl/α,β-unsaturated/α-hetero) is 1. The monoisotopic (exact) mass is 614 g/mol. The molecular formula is C30H46O13. The number of aliphatic hydroxyl groups excluding tert-OH is 4. The third kappa shape index (κ3) is 4.69. The molecule has 3 aliphatic carbocycles. The van der Waals surface area contributed by atoms with Crippen molar-refractivity contribution < 1.29 is 63.5 Å². The number of rotatable bonds is 6. The highest BCUT2D eigenvalue weighted by Crippen LogP contribution is 2.70. The van der Waals surface area contributed by atoms with Crippen molar-refractivity contribution in [3.8, 4) is 0 Å². The second-order valence-electron chi connectivity index (χ2n) is 13.5. The van der Waals surface area contributed by atoms with E-state index in [1.807, 2.05) is 20.8 Å². The Balaban J connectivity index is 1.60. The Kier molecular flexibility index (Phi) is 8.58. The first-order chi connectivity index (χ1) is 20.1. The van der Waals surface area contributed by atoms with Crippen LogP contribution < -0.4 is 0 Å². The van der Waals surface area contributed by atoms with Crippen LogP contribution in [0.3, 0.4) is 0 Å². The molecule has 2 aliphatic heterocycles. The van der Waals surface area contributed by atoms with E-state index in [9.17, 15) is 35.1 Å². The summed E-state index contributed by atoms with van der Waals surface area (Å²) >= 11 is 0. The van der Waals surface area contributed by atoms with Crippen LogP contribution in [0.25, 0.3) is 0 Å². The molecule has 0 aromatic heterocycles. The minimum atomic E-state index is -1.64. The number of carbonyl (C=O) groups excluding carboxylic acids is 2. The maximum absolute atomic E-state index is 14.2. The largest absolute Gasteiger partial charge is 0.493 e. The highest BCUT2D eigenvalue weighted by Gasteiger charge is 2.76. The van der Waals surface area contributed by atoms with Crippen LogP contribution in [0.1, 0.15) is 47.5 Å². The smallest absolute Gasteiger partial charge is 0.303 e. The molecule has 16 atom stereocenters. The van der Waals surface area contributed by atoms with Crippen molar-refractivity contribution in [2.45, 2.75) is 108 Å². The zero-order chi connectivity index (χ0) is 31.8. The summed E-state index contributed by atoms with van der Waals surface area (Å²) in [7, 11) is 2.87. The van der Waals surface area contributed by atoms with Crippen LogP contribution in [0.2, 0.25) is 0 Å². The normalized spacial score (nSPS) is 52.9. The number of ketones is 1. The van der Waals surface area contributed by atoms with Gasteiger partial charge in [-0.2, -0.15) is 0 Å². The molecular weight excluding hydrogens is 568 g/mol. The minimum absolute atomic E-state index is 0.0651. The van der Waals surface area contributed by atoms with Crippen molar-refractivity contribution in [1.29, 1.82) is 0 Å². The quantitative estimate of drug-likeness (QED) is 0.244. The molecule has 2 heterocycles. The Morgan fingerprint density at radius 1 is 1.07 bits per heavy atom. The molecule has 5 aliphatic rings. The summed E-state index contributed by atoms with van der Waals surface area (Å²) < 4.78 is 35.6. The molecule has 2 saturated heterocycles. The Bertz CT molecular complexity index is 1120. The van der Waals surface area contributed by atoms with Gasteiger partial charge in [0, 0.05) is 43.1 Å². The number of esters is 1. The summed E-state index contributed by atoms with van der Waals surface area (Å²) in [5.74, 6) is -2.25. The maximum Gasteiger partial charge on any atom is 0.303 e. The van der Waals surface area contributed by atoms with Gasteiger partial charge in [-0.25, -0.2) is 0 Å². The number of fused-ring (bicyclic) bond motifs is 2. The lowest BCUT2D eigenvalue weighted by Crippen LogP contribution is -2.78. The zero-order valence-corrected chi connectivity index (χ0v) is 25.7. The number of aliphatic hydroxyl groups is 5. The highest BCUT2D eigenvalue weighted by atomic mass is 16.8. The number of allylic oxidation sites excluding steroid dienone is 2. The second kappa shape index (κ2) is 11.3. The molecule has 43 heavy (non-hydrogen) atoms. The number of hydrogen-bond acceptors (Lipinski definition) is 13. The Hall–Kier alpha value is -1.68. The van der Waals surface area contributed by atoms with Gasteiger partial charge in [-0.15, -0.1) is 0 Å². The Labute approximate surface area is 251 Å². The van der Waals surface area contributed by atoms with Crippen LogP contribution in [0.4, 0.5) is 0 Å². The van der Waals surface area contributed by atoms with Crippen LogP contribution in [0.5, 0.6) is 0 Å². The first-order valence-electron chi connectivity index (χ1n) is 14.9. The van der Waals surface area contributed by atoms with E-state index in [4.69, 9.17) is 28.4 Å². The molecule has 4 fully saturated rings. The number of ether oxygens (including phenoxy) is 6. The third-order valence-corrected chi connectivity index (χ3v) is 11.3. The van der Waals surface area contributed by atoms with Crippen LogP contribution in [-0.4, -0.2) is 119 Å². The molecule has 244 valence electrons. The van der Waals surface area contributed by atoms with E-state index in [1.54, 1.807) is 13.0 Å². The molecule has 0 aromatic rings. The average Bonchev–Trinajstić information content (AvgIpc) is 2.93. The molecule has 2 saturated carbocycles. The first-order valence-corrected chi connectivity index (χ1v) is 14.9. The van der Waals surface area contributed by atoms with Gasteiger partial charge in [0.25, 0.3) is 0 Å². The minimum Gasteiger partial charge on any atom is -0.493 e. The summed E-state index contributed by atoms with van der Waals surface area (Å²) in [5, 5.41) is 53.0. The summed E-state index contributed by atoms with van der Waals surface area (Å²) in [5.41, 5.74) is -3.62. The fraction of sp³-hybridized carbons (Fsp3) is 0.867. The summed E-state index contributed by atoms with van der Waals surface area (Å²) in [6, 6.07) is 0. The van der Waals surface area contributed by atoms with Crippen molar-refractivity contribution in [2.24, 2.45) is 34.5 Å². The van der Waals surface area contributed by atoms with Gasteiger partial charge in [-0.05, 0) is 31.3 Å². The lowest BCUT2D eigenvalue weighted by Gasteiger charge is -2.71. The van der Waals surface area contributed by atoms with Gasteiger partial charge in [-0.1, -0.05) is 20.8 Å². The molecule has 0 bridgehead atoms. The lowest BCUT2D eigenvalue weighted by atomic mass is 9.37. The molecule has 0 radical (unpaired) electrons. The average molecular weight is 615 g/mol. The topological polar surface area (TPSA) is 191 Å². The summed E-state index contributed by atoms with van der Waals surface area (Å²) in [4.78, 5) is 26.8. The van der Waals surface area contributed by atoms with E-state index in [2.05, 4.69) is 0 Å². The SMILES string of the molecule is COC1=C[C@@H](C)[C@@H]2C[C@H]3OC(O[C@@H]4O[C@H](CO)[C@@H](O)[C@H](O)[C@H]4O)C[C@H]4[C@](C)(O)[C@H](OC)[C@@H](OC(C)=O)[C@H]([C@@]2(C)C1=O)[C@@]34C. The summed E-state index contributed by atoms with van der Waals surface area (Å²) in [6.45, 7) is 8.09. The van der Waals surface area contributed by atoms with Crippen LogP contribution >= 0.6 is 0 Å². The molecule has 0 spiro atoms. The lowest BCUT2D eigenvalue weighted by molar-refractivity contribution is -0.392. The van der Waals surface area contributed by atoms with E-state index in [0.717, 1.165) is 0 Å². The van der Waals surface area contributed by atoms with Crippen LogP contribution in [0.15, 0.2) is 11.8 Å².